The summed E-state index contributed by atoms with van der Waals surface area (Å²) in [4.78, 5) is 17.6. The second kappa shape index (κ2) is 7.94. The second-order valence-corrected chi connectivity index (χ2v) is 8.09. The van der Waals surface area contributed by atoms with Gasteiger partial charge in [-0.3, -0.25) is 9.69 Å². The van der Waals surface area contributed by atoms with Crippen LogP contribution in [-0.2, 0) is 4.74 Å². The molecule has 2 aliphatic heterocycles. The van der Waals surface area contributed by atoms with Crippen molar-refractivity contribution in [2.45, 2.75) is 6.42 Å². The number of carbonyl (C=O) groups is 1. The third-order valence-electron chi connectivity index (χ3n) is 4.57. The summed E-state index contributed by atoms with van der Waals surface area (Å²) in [5.74, 6) is 0.597. The lowest BCUT2D eigenvalue weighted by Gasteiger charge is -2.39. The number of likely N-dealkylation sites (tertiary alicyclic amines) is 1. The Bertz CT molecular complexity index is 533. The maximum absolute atomic E-state index is 12.7. The number of halogens is 1. The molecule has 128 valence electrons. The summed E-state index contributed by atoms with van der Waals surface area (Å²) in [7, 11) is 0. The number of aliphatic hydroxyl groups is 1. The van der Waals surface area contributed by atoms with E-state index in [1.165, 1.54) is 11.3 Å². The van der Waals surface area contributed by atoms with E-state index in [4.69, 9.17) is 16.3 Å². The predicted octanol–water partition coefficient (Wildman–Crippen LogP) is 1.80. The largest absolute Gasteiger partial charge is 0.396 e. The first-order valence-corrected chi connectivity index (χ1v) is 9.30. The predicted molar refractivity (Wildman–Crippen MR) is 91.2 cm³/mol. The number of aliphatic hydroxyl groups excluding tert-OH is 1. The molecule has 0 aliphatic carbocycles. The SMILES string of the molecule is O=C(c1ccc(Cl)s1)N1C[C@@H](CO)C[C@@H](CN2CCOCC2)C1. The van der Waals surface area contributed by atoms with Crippen molar-refractivity contribution < 1.29 is 14.6 Å². The van der Waals surface area contributed by atoms with Gasteiger partial charge in [-0.2, -0.15) is 0 Å². The molecule has 0 bridgehead atoms. The highest BCUT2D eigenvalue weighted by Crippen LogP contribution is 2.27. The van der Waals surface area contributed by atoms with Crippen molar-refractivity contribution in [1.82, 2.24) is 9.80 Å². The van der Waals surface area contributed by atoms with Crippen LogP contribution in [0.1, 0.15) is 16.1 Å². The molecule has 0 unspecified atom stereocenters. The molecular weight excluding hydrogens is 336 g/mol. The summed E-state index contributed by atoms with van der Waals surface area (Å²) in [6, 6.07) is 3.55. The number of carbonyl (C=O) groups excluding carboxylic acids is 1. The van der Waals surface area contributed by atoms with Crippen LogP contribution in [0.25, 0.3) is 0 Å². The highest BCUT2D eigenvalue weighted by molar-refractivity contribution is 7.17. The summed E-state index contributed by atoms with van der Waals surface area (Å²) in [5, 5.41) is 9.60. The van der Waals surface area contributed by atoms with Gasteiger partial charge in [-0.25, -0.2) is 0 Å². The molecule has 0 spiro atoms. The van der Waals surface area contributed by atoms with E-state index in [0.717, 1.165) is 45.8 Å². The Labute approximate surface area is 145 Å². The molecule has 5 nitrogen and oxygen atoms in total. The van der Waals surface area contributed by atoms with E-state index in [-0.39, 0.29) is 18.4 Å². The monoisotopic (exact) mass is 358 g/mol. The highest BCUT2D eigenvalue weighted by atomic mass is 35.5. The number of ether oxygens (including phenoxy) is 1. The Morgan fingerprint density at radius 1 is 1.30 bits per heavy atom. The molecule has 2 saturated heterocycles. The van der Waals surface area contributed by atoms with Gasteiger partial charge in [0, 0.05) is 39.3 Å². The minimum absolute atomic E-state index is 0.0343. The summed E-state index contributed by atoms with van der Waals surface area (Å²) in [5.41, 5.74) is 0. The van der Waals surface area contributed by atoms with Crippen LogP contribution in [0.4, 0.5) is 0 Å². The van der Waals surface area contributed by atoms with Gasteiger partial charge in [-0.1, -0.05) is 11.6 Å². The van der Waals surface area contributed by atoms with Crippen LogP contribution in [0, 0.1) is 11.8 Å². The van der Waals surface area contributed by atoms with Crippen molar-refractivity contribution in [2.24, 2.45) is 11.8 Å². The smallest absolute Gasteiger partial charge is 0.263 e. The second-order valence-electron chi connectivity index (χ2n) is 6.38. The molecule has 3 heterocycles. The van der Waals surface area contributed by atoms with Crippen LogP contribution in [0.2, 0.25) is 4.34 Å². The average Bonchev–Trinajstić information content (AvgIpc) is 3.01. The first-order chi connectivity index (χ1) is 11.2. The molecule has 7 heteroatoms. The van der Waals surface area contributed by atoms with Gasteiger partial charge in [0.25, 0.3) is 5.91 Å². The lowest BCUT2D eigenvalue weighted by molar-refractivity contribution is 0.0131. The molecule has 0 radical (unpaired) electrons. The first kappa shape index (κ1) is 17.2. The Morgan fingerprint density at radius 3 is 2.70 bits per heavy atom. The van der Waals surface area contributed by atoms with E-state index in [0.29, 0.717) is 21.7 Å². The molecule has 2 atom stereocenters. The molecular formula is C16H23ClN2O3S. The number of piperidine rings is 1. The van der Waals surface area contributed by atoms with E-state index < -0.39 is 0 Å². The van der Waals surface area contributed by atoms with Gasteiger partial charge in [-0.15, -0.1) is 11.3 Å². The molecule has 1 aromatic heterocycles. The van der Waals surface area contributed by atoms with Crippen molar-refractivity contribution in [2.75, 3.05) is 52.5 Å². The zero-order valence-corrected chi connectivity index (χ0v) is 14.7. The number of morpholine rings is 1. The van der Waals surface area contributed by atoms with Crippen LogP contribution in [0.3, 0.4) is 0 Å². The number of amides is 1. The molecule has 23 heavy (non-hydrogen) atoms. The number of hydrogen-bond acceptors (Lipinski definition) is 5. The summed E-state index contributed by atoms with van der Waals surface area (Å²) in [6.45, 7) is 5.96. The topological polar surface area (TPSA) is 53.0 Å². The minimum Gasteiger partial charge on any atom is -0.396 e. The van der Waals surface area contributed by atoms with Gasteiger partial charge in [-0.05, 0) is 30.4 Å². The molecule has 1 N–H and O–H groups in total. The third-order valence-corrected chi connectivity index (χ3v) is 5.79. The van der Waals surface area contributed by atoms with Crippen LogP contribution < -0.4 is 0 Å². The highest BCUT2D eigenvalue weighted by Gasteiger charge is 2.31. The fourth-order valence-corrected chi connectivity index (χ4v) is 4.49. The van der Waals surface area contributed by atoms with Crippen LogP contribution >= 0.6 is 22.9 Å². The standard InChI is InChI=1S/C16H23ClN2O3S/c17-15-2-1-14(23-15)16(21)19-9-12(7-13(10-19)11-20)8-18-3-5-22-6-4-18/h1-2,12-13,20H,3-11H2/t12-,13-/m0/s1. The Balaban J connectivity index is 1.64. The zero-order valence-electron chi connectivity index (χ0n) is 13.1. The number of thiophene rings is 1. The van der Waals surface area contributed by atoms with Crippen molar-refractivity contribution >= 4 is 28.8 Å². The quantitative estimate of drug-likeness (QED) is 0.891. The van der Waals surface area contributed by atoms with Gasteiger partial charge >= 0.3 is 0 Å². The van der Waals surface area contributed by atoms with Crippen LogP contribution in [-0.4, -0.2) is 73.4 Å². The fourth-order valence-electron chi connectivity index (χ4n) is 3.48. The average molecular weight is 359 g/mol. The van der Waals surface area contributed by atoms with Gasteiger partial charge < -0.3 is 14.7 Å². The van der Waals surface area contributed by atoms with Gasteiger partial charge in [0.2, 0.25) is 0 Å². The third kappa shape index (κ3) is 4.45. The van der Waals surface area contributed by atoms with Crippen molar-refractivity contribution in [3.05, 3.63) is 21.3 Å². The Kier molecular flexibility index (Phi) is 5.93. The summed E-state index contributed by atoms with van der Waals surface area (Å²) < 4.78 is 6.03. The fraction of sp³-hybridized carbons (Fsp3) is 0.688. The molecule has 2 fully saturated rings. The first-order valence-electron chi connectivity index (χ1n) is 8.11. The van der Waals surface area contributed by atoms with E-state index in [2.05, 4.69) is 4.90 Å². The van der Waals surface area contributed by atoms with Crippen LogP contribution in [0.15, 0.2) is 12.1 Å². The van der Waals surface area contributed by atoms with Crippen LogP contribution in [0.5, 0.6) is 0 Å². The van der Waals surface area contributed by atoms with Gasteiger partial charge in [0.1, 0.15) is 0 Å². The minimum atomic E-state index is 0.0343. The van der Waals surface area contributed by atoms with Crippen molar-refractivity contribution in [3.8, 4) is 0 Å². The summed E-state index contributed by atoms with van der Waals surface area (Å²) >= 11 is 7.27. The van der Waals surface area contributed by atoms with Gasteiger partial charge in [0.05, 0.1) is 22.4 Å². The number of hydrogen-bond donors (Lipinski definition) is 1. The normalized spacial score (nSPS) is 26.4. The summed E-state index contributed by atoms with van der Waals surface area (Å²) in [6.07, 6.45) is 0.975. The molecule has 3 rings (SSSR count). The number of rotatable bonds is 4. The Hall–Kier alpha value is -0.660. The van der Waals surface area contributed by atoms with Crippen molar-refractivity contribution in [1.29, 1.82) is 0 Å². The van der Waals surface area contributed by atoms with E-state index in [9.17, 15) is 9.90 Å². The van der Waals surface area contributed by atoms with E-state index >= 15 is 0 Å². The molecule has 1 amide bonds. The molecule has 0 saturated carbocycles. The lowest BCUT2D eigenvalue weighted by atomic mass is 9.89. The van der Waals surface area contributed by atoms with Crippen molar-refractivity contribution in [3.63, 3.8) is 0 Å². The van der Waals surface area contributed by atoms with Gasteiger partial charge in [0.15, 0.2) is 0 Å². The maximum atomic E-state index is 12.7. The van der Waals surface area contributed by atoms with E-state index in [1.807, 2.05) is 4.90 Å². The maximum Gasteiger partial charge on any atom is 0.263 e. The molecule has 1 aromatic rings. The number of nitrogens with zero attached hydrogens (tertiary/aromatic N) is 2. The zero-order chi connectivity index (χ0) is 16.2. The Morgan fingerprint density at radius 2 is 2.04 bits per heavy atom. The van der Waals surface area contributed by atoms with E-state index in [1.54, 1.807) is 12.1 Å². The molecule has 0 aromatic carbocycles. The lowest BCUT2D eigenvalue weighted by Crippen LogP contribution is -2.49. The molecule has 2 aliphatic rings.